The third-order valence-corrected chi connectivity index (χ3v) is 4.88. The molecule has 2 aromatic rings. The number of nitrogens with zero attached hydrogens (tertiary/aromatic N) is 3. The van der Waals surface area contributed by atoms with Gasteiger partial charge in [-0.15, -0.1) is 10.2 Å². The van der Waals surface area contributed by atoms with Crippen molar-refractivity contribution in [1.29, 1.82) is 0 Å². The highest BCUT2D eigenvalue weighted by Gasteiger charge is 2.34. The molecule has 1 aromatic carbocycles. The summed E-state index contributed by atoms with van der Waals surface area (Å²) in [5.41, 5.74) is 0.633. The Hall–Kier alpha value is -1.77. The van der Waals surface area contributed by atoms with E-state index in [1.54, 1.807) is 17.0 Å². The van der Waals surface area contributed by atoms with Crippen molar-refractivity contribution in [3.8, 4) is 0 Å². The summed E-state index contributed by atoms with van der Waals surface area (Å²) in [6.07, 6.45) is 0.271. The molecule has 24 heavy (non-hydrogen) atoms. The number of nitrogens with one attached hydrogen (secondary N) is 1. The van der Waals surface area contributed by atoms with Crippen LogP contribution in [0.2, 0.25) is 0 Å². The molecule has 10 heteroatoms. The van der Waals surface area contributed by atoms with Crippen molar-refractivity contribution in [2.45, 2.75) is 17.2 Å². The molecule has 0 radical (unpaired) electrons. The van der Waals surface area contributed by atoms with E-state index in [2.05, 4.69) is 15.5 Å². The maximum absolute atomic E-state index is 13.0. The van der Waals surface area contributed by atoms with Crippen molar-refractivity contribution in [3.05, 3.63) is 35.1 Å². The highest BCUT2D eigenvalue weighted by Crippen LogP contribution is 2.34. The lowest BCUT2D eigenvalue weighted by atomic mass is 10.1. The first kappa shape index (κ1) is 17.1. The summed E-state index contributed by atoms with van der Waals surface area (Å²) < 4.78 is 13.0. The first-order chi connectivity index (χ1) is 11.4. The smallest absolute Gasteiger partial charge is 0.259 e. The second-order valence-corrected chi connectivity index (χ2v) is 7.22. The molecule has 6 nitrogen and oxygen atoms in total. The number of hydrogen-bond donors (Lipinski definition) is 1. The first-order valence-electron chi connectivity index (χ1n) is 6.92. The zero-order chi connectivity index (χ0) is 17.3. The van der Waals surface area contributed by atoms with Crippen LogP contribution in [0.4, 0.5) is 15.2 Å². The maximum Gasteiger partial charge on any atom is 0.259 e. The van der Waals surface area contributed by atoms with Crippen LogP contribution >= 0.6 is 34.5 Å². The zero-order valence-electron chi connectivity index (χ0n) is 12.1. The molecule has 0 bridgehead atoms. The van der Waals surface area contributed by atoms with Gasteiger partial charge in [0.25, 0.3) is 5.91 Å². The number of hydrogen-bond acceptors (Lipinski definition) is 5. The average Bonchev–Trinajstić information content (AvgIpc) is 3.15. The third-order valence-electron chi connectivity index (χ3n) is 3.48. The summed E-state index contributed by atoms with van der Waals surface area (Å²) in [5, 5.41) is 11.2. The Morgan fingerprint density at radius 3 is 2.71 bits per heavy atom. The first-order valence-corrected chi connectivity index (χ1v) is 8.61. The molecule has 2 amide bonds. The molecule has 0 spiro atoms. The van der Waals surface area contributed by atoms with E-state index in [1.165, 1.54) is 23.5 Å². The molecular formula is C14H11Cl2FN4O2S. The molecule has 1 aliphatic heterocycles. The average molecular weight is 389 g/mol. The molecule has 1 unspecified atom stereocenters. The SMILES string of the molecule is O=C(Nc1nnc(C2CC(=O)N(c3ccc(F)cc3)C2)s1)C(Cl)Cl. The standard InChI is InChI=1S/C14H11Cl2FN4O2S/c15-11(16)12(23)18-14-20-19-13(24-14)7-5-10(22)21(6-7)9-3-1-8(17)2-4-9/h1-4,7,11H,5-6H2,(H,18,20,23). The summed E-state index contributed by atoms with van der Waals surface area (Å²) in [6, 6.07) is 5.73. The van der Waals surface area contributed by atoms with Crippen molar-refractivity contribution in [2.75, 3.05) is 16.8 Å². The van der Waals surface area contributed by atoms with Gasteiger partial charge in [-0.25, -0.2) is 4.39 Å². The third kappa shape index (κ3) is 3.66. The van der Waals surface area contributed by atoms with Gasteiger partial charge in [0.1, 0.15) is 10.8 Å². The van der Waals surface area contributed by atoms with E-state index < -0.39 is 10.7 Å². The molecule has 3 rings (SSSR count). The van der Waals surface area contributed by atoms with E-state index >= 15 is 0 Å². The second-order valence-electron chi connectivity index (χ2n) is 5.12. The van der Waals surface area contributed by atoms with Crippen molar-refractivity contribution < 1.29 is 14.0 Å². The van der Waals surface area contributed by atoms with Gasteiger partial charge in [-0.1, -0.05) is 34.5 Å². The molecule has 0 saturated carbocycles. The fraction of sp³-hybridized carbons (Fsp3) is 0.286. The quantitative estimate of drug-likeness (QED) is 0.816. The molecular weight excluding hydrogens is 378 g/mol. The Balaban J connectivity index is 1.71. The van der Waals surface area contributed by atoms with Crippen LogP contribution in [0, 0.1) is 5.82 Å². The minimum Gasteiger partial charge on any atom is -0.312 e. The van der Waals surface area contributed by atoms with Gasteiger partial charge in [0.2, 0.25) is 11.0 Å². The maximum atomic E-state index is 13.0. The van der Waals surface area contributed by atoms with Crippen molar-refractivity contribution in [1.82, 2.24) is 10.2 Å². The predicted octanol–water partition coefficient (Wildman–Crippen LogP) is 2.94. The van der Waals surface area contributed by atoms with Crippen LogP contribution in [0.3, 0.4) is 0 Å². The van der Waals surface area contributed by atoms with Crippen LogP contribution in [0.1, 0.15) is 17.3 Å². The van der Waals surface area contributed by atoms with Gasteiger partial charge in [-0.3, -0.25) is 14.9 Å². The number of anilines is 2. The van der Waals surface area contributed by atoms with Crippen LogP contribution in [0.15, 0.2) is 24.3 Å². The lowest BCUT2D eigenvalue weighted by Gasteiger charge is -2.16. The fourth-order valence-corrected chi connectivity index (χ4v) is 3.30. The van der Waals surface area contributed by atoms with E-state index in [0.717, 1.165) is 0 Å². The minimum absolute atomic E-state index is 0.0750. The van der Waals surface area contributed by atoms with Gasteiger partial charge in [0.05, 0.1) is 0 Å². The number of carbonyl (C=O) groups excluding carboxylic acids is 2. The second kappa shape index (κ2) is 7.00. The molecule has 1 aromatic heterocycles. The highest BCUT2D eigenvalue weighted by atomic mass is 35.5. The van der Waals surface area contributed by atoms with Crippen LogP contribution in [-0.4, -0.2) is 33.4 Å². The number of halogens is 3. The van der Waals surface area contributed by atoms with Crippen molar-refractivity contribution in [3.63, 3.8) is 0 Å². The largest absolute Gasteiger partial charge is 0.312 e. The Morgan fingerprint density at radius 1 is 1.33 bits per heavy atom. The molecule has 1 fully saturated rings. The van der Waals surface area contributed by atoms with Gasteiger partial charge < -0.3 is 4.90 Å². The van der Waals surface area contributed by atoms with E-state index in [9.17, 15) is 14.0 Å². The molecule has 0 aliphatic carbocycles. The lowest BCUT2D eigenvalue weighted by molar-refractivity contribution is -0.117. The van der Waals surface area contributed by atoms with Crippen molar-refractivity contribution in [2.24, 2.45) is 0 Å². The number of benzene rings is 1. The number of rotatable bonds is 4. The van der Waals surface area contributed by atoms with E-state index in [1.807, 2.05) is 0 Å². The Kier molecular flexibility index (Phi) is 4.98. The van der Waals surface area contributed by atoms with E-state index in [4.69, 9.17) is 23.2 Å². The molecule has 126 valence electrons. The molecule has 2 heterocycles. The predicted molar refractivity (Wildman–Crippen MR) is 90.1 cm³/mol. The lowest BCUT2D eigenvalue weighted by Crippen LogP contribution is -2.24. The molecule has 1 aliphatic rings. The monoisotopic (exact) mass is 388 g/mol. The van der Waals surface area contributed by atoms with Gasteiger partial charge in [-0.2, -0.15) is 0 Å². The summed E-state index contributed by atoms with van der Waals surface area (Å²) in [5.74, 6) is -1.16. The Morgan fingerprint density at radius 2 is 2.04 bits per heavy atom. The summed E-state index contributed by atoms with van der Waals surface area (Å²) in [4.78, 5) is 24.0. The number of amides is 2. The fourth-order valence-electron chi connectivity index (χ4n) is 2.35. The summed E-state index contributed by atoms with van der Waals surface area (Å²) >= 11 is 12.1. The molecule has 1 N–H and O–H groups in total. The van der Waals surface area contributed by atoms with Crippen LogP contribution < -0.4 is 10.2 Å². The zero-order valence-corrected chi connectivity index (χ0v) is 14.4. The van der Waals surface area contributed by atoms with E-state index in [0.29, 0.717) is 17.2 Å². The van der Waals surface area contributed by atoms with Gasteiger partial charge in [-0.05, 0) is 24.3 Å². The normalized spacial score (nSPS) is 17.6. The minimum atomic E-state index is -1.20. The summed E-state index contributed by atoms with van der Waals surface area (Å²) in [6.45, 7) is 0.417. The Bertz CT molecular complexity index is 768. The van der Waals surface area contributed by atoms with Crippen LogP contribution in [0.25, 0.3) is 0 Å². The van der Waals surface area contributed by atoms with Gasteiger partial charge in [0, 0.05) is 24.6 Å². The number of carbonyl (C=O) groups is 2. The number of aromatic nitrogens is 2. The molecule has 1 saturated heterocycles. The van der Waals surface area contributed by atoms with E-state index in [-0.39, 0.29) is 29.2 Å². The topological polar surface area (TPSA) is 75.2 Å². The van der Waals surface area contributed by atoms with Crippen LogP contribution in [-0.2, 0) is 9.59 Å². The highest BCUT2D eigenvalue weighted by molar-refractivity contribution is 7.15. The van der Waals surface area contributed by atoms with Gasteiger partial charge in [0.15, 0.2) is 4.84 Å². The number of alkyl halides is 2. The molecule has 1 atom stereocenters. The van der Waals surface area contributed by atoms with Gasteiger partial charge >= 0.3 is 0 Å². The Labute approximate surface area is 150 Å². The summed E-state index contributed by atoms with van der Waals surface area (Å²) in [7, 11) is 0. The van der Waals surface area contributed by atoms with Crippen LogP contribution in [0.5, 0.6) is 0 Å². The van der Waals surface area contributed by atoms with Crippen molar-refractivity contribution >= 4 is 57.2 Å².